The molecule has 58 valence electrons. The number of rotatable bonds is 2. The molecular weight excluding hydrogens is 134 g/mol. The Morgan fingerprint density at radius 1 is 1.70 bits per heavy atom. The average molecular weight is 145 g/mol. The zero-order valence-corrected chi connectivity index (χ0v) is 5.66. The van der Waals surface area contributed by atoms with Crippen molar-refractivity contribution in [2.24, 2.45) is 0 Å². The molecule has 0 aliphatic carbocycles. The molecule has 0 saturated carbocycles. The first-order valence-electron chi connectivity index (χ1n) is 3.33. The summed E-state index contributed by atoms with van der Waals surface area (Å²) >= 11 is 0. The highest BCUT2D eigenvalue weighted by atomic mass is 16.3. The Morgan fingerprint density at radius 3 is 2.80 bits per heavy atom. The molecule has 0 bridgehead atoms. The molecule has 4 nitrogen and oxygen atoms in total. The smallest absolute Gasteiger partial charge is 0.251 e. The first-order chi connectivity index (χ1) is 4.75. The van der Waals surface area contributed by atoms with Crippen molar-refractivity contribution in [1.82, 2.24) is 4.90 Å². The van der Waals surface area contributed by atoms with Gasteiger partial charge in [0, 0.05) is 13.1 Å². The van der Waals surface area contributed by atoms with Gasteiger partial charge in [0.25, 0.3) is 5.91 Å². The third-order valence-corrected chi connectivity index (χ3v) is 1.64. The minimum atomic E-state index is -0.827. The first kappa shape index (κ1) is 7.50. The van der Waals surface area contributed by atoms with Crippen molar-refractivity contribution < 1.29 is 15.0 Å². The van der Waals surface area contributed by atoms with Crippen molar-refractivity contribution in [2.45, 2.75) is 12.5 Å². The van der Waals surface area contributed by atoms with Gasteiger partial charge in [0.1, 0.15) is 6.10 Å². The molecule has 0 spiro atoms. The number of hydrogen-bond acceptors (Lipinski definition) is 3. The number of aliphatic hydroxyl groups is 2. The highest BCUT2D eigenvalue weighted by molar-refractivity contribution is 5.82. The van der Waals surface area contributed by atoms with Crippen LogP contribution in [0.1, 0.15) is 6.42 Å². The van der Waals surface area contributed by atoms with Gasteiger partial charge in [-0.25, -0.2) is 0 Å². The molecule has 1 atom stereocenters. The van der Waals surface area contributed by atoms with Gasteiger partial charge < -0.3 is 15.1 Å². The number of likely N-dealkylation sites (tertiary alicyclic amines) is 1. The normalized spacial score (nSPS) is 26.0. The van der Waals surface area contributed by atoms with Crippen molar-refractivity contribution in [3.8, 4) is 0 Å². The summed E-state index contributed by atoms with van der Waals surface area (Å²) in [7, 11) is 0. The highest BCUT2D eigenvalue weighted by Crippen LogP contribution is 2.09. The summed E-state index contributed by atoms with van der Waals surface area (Å²) in [5.74, 6) is -0.256. The summed E-state index contributed by atoms with van der Waals surface area (Å²) in [5, 5.41) is 17.4. The van der Waals surface area contributed by atoms with Gasteiger partial charge in [0.05, 0.1) is 6.61 Å². The van der Waals surface area contributed by atoms with Crippen molar-refractivity contribution in [2.75, 3.05) is 19.7 Å². The van der Waals surface area contributed by atoms with E-state index in [0.29, 0.717) is 19.5 Å². The second kappa shape index (κ2) is 2.98. The van der Waals surface area contributed by atoms with Crippen LogP contribution in [0.2, 0.25) is 0 Å². The fraction of sp³-hybridized carbons (Fsp3) is 0.833. The third-order valence-electron chi connectivity index (χ3n) is 1.64. The topological polar surface area (TPSA) is 60.8 Å². The van der Waals surface area contributed by atoms with Gasteiger partial charge in [-0.15, -0.1) is 0 Å². The SMILES string of the molecule is O=C1C(O)CCN1CCO. The van der Waals surface area contributed by atoms with E-state index >= 15 is 0 Å². The molecule has 1 heterocycles. The monoisotopic (exact) mass is 145 g/mol. The lowest BCUT2D eigenvalue weighted by Crippen LogP contribution is -2.31. The second-order valence-electron chi connectivity index (χ2n) is 2.35. The lowest BCUT2D eigenvalue weighted by Gasteiger charge is -2.12. The summed E-state index contributed by atoms with van der Waals surface area (Å²) in [6.45, 7) is 0.884. The third kappa shape index (κ3) is 1.27. The van der Waals surface area contributed by atoms with E-state index in [9.17, 15) is 4.79 Å². The Balaban J connectivity index is 2.41. The molecule has 0 radical (unpaired) electrons. The molecule has 0 aromatic carbocycles. The molecule has 0 aromatic heterocycles. The van der Waals surface area contributed by atoms with Crippen LogP contribution in [-0.2, 0) is 4.79 Å². The molecule has 0 aromatic rings. The van der Waals surface area contributed by atoms with Crippen LogP contribution < -0.4 is 0 Å². The van der Waals surface area contributed by atoms with Gasteiger partial charge in [-0.3, -0.25) is 4.79 Å². The quantitative estimate of drug-likeness (QED) is 0.501. The molecule has 1 rings (SSSR count). The lowest BCUT2D eigenvalue weighted by molar-refractivity contribution is -0.134. The fourth-order valence-electron chi connectivity index (χ4n) is 1.07. The van der Waals surface area contributed by atoms with Crippen LogP contribution in [0.3, 0.4) is 0 Å². The van der Waals surface area contributed by atoms with Gasteiger partial charge in [0.2, 0.25) is 0 Å². The van der Waals surface area contributed by atoms with E-state index in [2.05, 4.69) is 0 Å². The number of β-amino-alcohol motifs (C(OH)–C–C–N with tert-alkyl or cyclic N) is 1. The van der Waals surface area contributed by atoms with Crippen LogP contribution in [0.5, 0.6) is 0 Å². The summed E-state index contributed by atoms with van der Waals surface area (Å²) in [6.07, 6.45) is -0.328. The fourth-order valence-corrected chi connectivity index (χ4v) is 1.07. The second-order valence-corrected chi connectivity index (χ2v) is 2.35. The number of nitrogens with zero attached hydrogens (tertiary/aromatic N) is 1. The zero-order chi connectivity index (χ0) is 7.56. The number of hydrogen-bond donors (Lipinski definition) is 2. The van der Waals surface area contributed by atoms with Gasteiger partial charge in [-0.1, -0.05) is 0 Å². The van der Waals surface area contributed by atoms with E-state index in [1.807, 2.05) is 0 Å². The van der Waals surface area contributed by atoms with E-state index in [4.69, 9.17) is 10.2 Å². The van der Waals surface area contributed by atoms with Crippen molar-refractivity contribution in [1.29, 1.82) is 0 Å². The predicted octanol–water partition coefficient (Wildman–Crippen LogP) is -1.43. The largest absolute Gasteiger partial charge is 0.395 e. The standard InChI is InChI=1S/C6H11NO3/c8-4-3-7-2-1-5(9)6(7)10/h5,8-9H,1-4H2. The van der Waals surface area contributed by atoms with E-state index in [0.717, 1.165) is 0 Å². The summed E-state index contributed by atoms with van der Waals surface area (Å²) in [5.41, 5.74) is 0. The minimum Gasteiger partial charge on any atom is -0.395 e. The Kier molecular flexibility index (Phi) is 2.24. The summed E-state index contributed by atoms with van der Waals surface area (Å²) in [6, 6.07) is 0. The van der Waals surface area contributed by atoms with E-state index in [1.54, 1.807) is 0 Å². The maximum absolute atomic E-state index is 10.9. The molecule has 2 N–H and O–H groups in total. The molecule has 4 heteroatoms. The Hall–Kier alpha value is -0.610. The number of carbonyl (C=O) groups excluding carboxylic acids is 1. The van der Waals surface area contributed by atoms with Crippen LogP contribution in [0, 0.1) is 0 Å². The number of aliphatic hydroxyl groups excluding tert-OH is 2. The van der Waals surface area contributed by atoms with Crippen LogP contribution in [0.15, 0.2) is 0 Å². The van der Waals surface area contributed by atoms with E-state index in [-0.39, 0.29) is 12.5 Å². The molecular formula is C6H11NO3. The maximum atomic E-state index is 10.9. The van der Waals surface area contributed by atoms with Crippen LogP contribution in [-0.4, -0.2) is 46.8 Å². The van der Waals surface area contributed by atoms with E-state index in [1.165, 1.54) is 4.90 Å². The van der Waals surface area contributed by atoms with Gasteiger partial charge >= 0.3 is 0 Å². The van der Waals surface area contributed by atoms with Crippen LogP contribution >= 0.6 is 0 Å². The zero-order valence-electron chi connectivity index (χ0n) is 5.66. The predicted molar refractivity (Wildman–Crippen MR) is 34.3 cm³/mol. The molecule has 10 heavy (non-hydrogen) atoms. The molecule has 1 fully saturated rings. The summed E-state index contributed by atoms with van der Waals surface area (Å²) in [4.78, 5) is 12.3. The molecule has 1 unspecified atom stereocenters. The molecule has 1 saturated heterocycles. The van der Waals surface area contributed by atoms with Crippen LogP contribution in [0.4, 0.5) is 0 Å². The molecule has 1 aliphatic rings. The average Bonchev–Trinajstić information content (AvgIpc) is 2.20. The van der Waals surface area contributed by atoms with Crippen LogP contribution in [0.25, 0.3) is 0 Å². The van der Waals surface area contributed by atoms with Gasteiger partial charge in [-0.2, -0.15) is 0 Å². The lowest BCUT2D eigenvalue weighted by atomic mass is 10.3. The first-order valence-corrected chi connectivity index (χ1v) is 3.33. The number of carbonyl (C=O) groups is 1. The van der Waals surface area contributed by atoms with Crippen molar-refractivity contribution in [3.05, 3.63) is 0 Å². The molecule has 1 aliphatic heterocycles. The minimum absolute atomic E-state index is 0.0293. The van der Waals surface area contributed by atoms with Gasteiger partial charge in [0.15, 0.2) is 0 Å². The highest BCUT2D eigenvalue weighted by Gasteiger charge is 2.28. The maximum Gasteiger partial charge on any atom is 0.251 e. The summed E-state index contributed by atoms with van der Waals surface area (Å²) < 4.78 is 0. The Labute approximate surface area is 59.1 Å². The van der Waals surface area contributed by atoms with Crippen molar-refractivity contribution in [3.63, 3.8) is 0 Å². The number of amides is 1. The van der Waals surface area contributed by atoms with Crippen molar-refractivity contribution >= 4 is 5.91 Å². The Bertz CT molecular complexity index is 135. The Morgan fingerprint density at radius 2 is 2.40 bits per heavy atom. The molecule has 1 amide bonds. The van der Waals surface area contributed by atoms with Gasteiger partial charge in [-0.05, 0) is 6.42 Å². The van der Waals surface area contributed by atoms with E-state index < -0.39 is 6.10 Å².